The van der Waals surface area contributed by atoms with Crippen LogP contribution in [0.2, 0.25) is 0 Å². The predicted molar refractivity (Wildman–Crippen MR) is 98.3 cm³/mol. The van der Waals surface area contributed by atoms with Crippen LogP contribution in [0.25, 0.3) is 10.2 Å². The molecule has 0 atom stereocenters. The van der Waals surface area contributed by atoms with Crippen LogP contribution >= 0.6 is 11.3 Å². The molecule has 28 heavy (non-hydrogen) atoms. The zero-order valence-corrected chi connectivity index (χ0v) is 16.1. The van der Waals surface area contributed by atoms with Gasteiger partial charge in [-0.05, 0) is 43.2 Å². The lowest BCUT2D eigenvalue weighted by Gasteiger charge is -2.30. The molecular weight excluding hydrogens is 413 g/mol. The summed E-state index contributed by atoms with van der Waals surface area (Å²) in [7, 11) is -4.14. The van der Waals surface area contributed by atoms with Crippen molar-refractivity contribution in [2.24, 2.45) is 0 Å². The summed E-state index contributed by atoms with van der Waals surface area (Å²) in [4.78, 5) is 3.47. The molecule has 10 heteroatoms. The Balaban J connectivity index is 1.45. The minimum atomic E-state index is -4.14. The van der Waals surface area contributed by atoms with E-state index in [9.17, 15) is 21.6 Å². The number of piperidine rings is 1. The maximum atomic E-state index is 13.9. The van der Waals surface area contributed by atoms with Gasteiger partial charge in [0.2, 0.25) is 10.0 Å². The third kappa shape index (κ3) is 3.59. The van der Waals surface area contributed by atoms with Gasteiger partial charge in [-0.15, -0.1) is 0 Å². The Morgan fingerprint density at radius 2 is 1.82 bits per heavy atom. The molecule has 0 saturated carbocycles. The van der Waals surface area contributed by atoms with Gasteiger partial charge in [-0.2, -0.15) is 9.29 Å². The summed E-state index contributed by atoms with van der Waals surface area (Å²) in [5, 5.41) is 0.317. The molecule has 1 aromatic heterocycles. The van der Waals surface area contributed by atoms with Crippen LogP contribution in [-0.2, 0) is 10.0 Å². The molecule has 0 radical (unpaired) electrons. The lowest BCUT2D eigenvalue weighted by Crippen LogP contribution is -2.42. The lowest BCUT2D eigenvalue weighted by atomic mass is 10.1. The van der Waals surface area contributed by atoms with Crippen molar-refractivity contribution in [3.63, 3.8) is 0 Å². The number of para-hydroxylation sites is 1. The Labute approximate surface area is 163 Å². The van der Waals surface area contributed by atoms with Crippen LogP contribution in [0.3, 0.4) is 0 Å². The van der Waals surface area contributed by atoms with Crippen LogP contribution in [0, 0.1) is 17.5 Å². The topological polar surface area (TPSA) is 59.5 Å². The summed E-state index contributed by atoms with van der Waals surface area (Å²) in [6.45, 7) is 0.199. The normalized spacial score (nSPS) is 16.5. The molecular formula is C18H15F3N2O3S2. The van der Waals surface area contributed by atoms with Crippen molar-refractivity contribution in [1.29, 1.82) is 0 Å². The first-order valence-corrected chi connectivity index (χ1v) is 10.8. The number of hydrogen-bond donors (Lipinski definition) is 0. The summed E-state index contributed by atoms with van der Waals surface area (Å²) >= 11 is 1.22. The van der Waals surface area contributed by atoms with E-state index in [0.29, 0.717) is 28.8 Å². The molecule has 1 aliphatic rings. The molecule has 1 aliphatic heterocycles. The lowest BCUT2D eigenvalue weighted by molar-refractivity contribution is 0.135. The maximum absolute atomic E-state index is 13.9. The van der Waals surface area contributed by atoms with E-state index in [1.54, 1.807) is 12.1 Å². The van der Waals surface area contributed by atoms with E-state index in [2.05, 4.69) is 4.98 Å². The van der Waals surface area contributed by atoms with Gasteiger partial charge in [-0.1, -0.05) is 17.4 Å². The fourth-order valence-electron chi connectivity index (χ4n) is 3.09. The van der Waals surface area contributed by atoms with Crippen molar-refractivity contribution < 1.29 is 26.3 Å². The molecule has 4 rings (SSSR count). The number of halogens is 3. The number of thiazole rings is 1. The van der Waals surface area contributed by atoms with Crippen LogP contribution in [0.5, 0.6) is 5.19 Å². The Kier molecular flexibility index (Phi) is 5.02. The van der Waals surface area contributed by atoms with Crippen molar-refractivity contribution in [3.8, 4) is 5.19 Å². The Hall–Kier alpha value is -2.17. The van der Waals surface area contributed by atoms with E-state index in [0.717, 1.165) is 16.4 Å². The number of hydrogen-bond acceptors (Lipinski definition) is 5. The van der Waals surface area contributed by atoms with Crippen LogP contribution < -0.4 is 4.74 Å². The Bertz CT molecular complexity index is 1130. The van der Waals surface area contributed by atoms with Gasteiger partial charge in [-0.3, -0.25) is 0 Å². The third-order valence-electron chi connectivity index (χ3n) is 4.53. The molecule has 0 N–H and O–H groups in total. The molecule has 0 bridgehead atoms. The van der Waals surface area contributed by atoms with Crippen molar-refractivity contribution in [2.75, 3.05) is 13.1 Å². The second-order valence-corrected chi connectivity index (χ2v) is 9.26. The maximum Gasteiger partial charge on any atom is 0.274 e. The van der Waals surface area contributed by atoms with Gasteiger partial charge in [0.25, 0.3) is 5.19 Å². The molecule has 1 saturated heterocycles. The zero-order chi connectivity index (χ0) is 19.9. The molecule has 0 unspecified atom stereocenters. The number of ether oxygens (including phenoxy) is 1. The van der Waals surface area contributed by atoms with E-state index in [4.69, 9.17) is 4.74 Å². The first-order chi connectivity index (χ1) is 13.3. The highest BCUT2D eigenvalue weighted by atomic mass is 32.2. The minimum absolute atomic E-state index is 0.0994. The molecule has 148 valence electrons. The summed E-state index contributed by atoms with van der Waals surface area (Å²) in [6, 6.07) is 7.00. The first kappa shape index (κ1) is 19.2. The average Bonchev–Trinajstić information content (AvgIpc) is 3.08. The molecule has 5 nitrogen and oxygen atoms in total. The van der Waals surface area contributed by atoms with E-state index >= 15 is 0 Å². The van der Waals surface area contributed by atoms with Crippen LogP contribution in [0.4, 0.5) is 13.2 Å². The quantitative estimate of drug-likeness (QED) is 0.632. The van der Waals surface area contributed by atoms with E-state index < -0.39 is 32.4 Å². The van der Waals surface area contributed by atoms with Gasteiger partial charge < -0.3 is 4.74 Å². The molecule has 0 spiro atoms. The number of benzene rings is 2. The van der Waals surface area contributed by atoms with Gasteiger partial charge in [0, 0.05) is 13.1 Å². The van der Waals surface area contributed by atoms with Crippen molar-refractivity contribution in [2.45, 2.75) is 23.8 Å². The summed E-state index contributed by atoms with van der Waals surface area (Å²) in [6.07, 6.45) is 0.413. The Morgan fingerprint density at radius 3 is 2.54 bits per heavy atom. The molecule has 1 fully saturated rings. The van der Waals surface area contributed by atoms with Gasteiger partial charge >= 0.3 is 0 Å². The number of aromatic nitrogens is 1. The fraction of sp³-hybridized carbons (Fsp3) is 0.278. The minimum Gasteiger partial charge on any atom is -0.467 e. The van der Waals surface area contributed by atoms with Gasteiger partial charge in [0.1, 0.15) is 34.0 Å². The first-order valence-electron chi connectivity index (χ1n) is 8.51. The van der Waals surface area contributed by atoms with Crippen molar-refractivity contribution in [3.05, 3.63) is 53.8 Å². The zero-order valence-electron chi connectivity index (χ0n) is 14.4. The van der Waals surface area contributed by atoms with Crippen LogP contribution in [0.15, 0.2) is 41.3 Å². The largest absolute Gasteiger partial charge is 0.467 e. The van der Waals surface area contributed by atoms with Crippen LogP contribution in [0.1, 0.15) is 12.8 Å². The van der Waals surface area contributed by atoms with Gasteiger partial charge in [0.05, 0.1) is 4.70 Å². The highest BCUT2D eigenvalue weighted by molar-refractivity contribution is 7.89. The van der Waals surface area contributed by atoms with Crippen molar-refractivity contribution >= 4 is 31.6 Å². The molecule has 2 aromatic carbocycles. The highest BCUT2D eigenvalue weighted by Crippen LogP contribution is 2.32. The smallest absolute Gasteiger partial charge is 0.274 e. The SMILES string of the molecule is O=S(=O)(c1cc(F)ccc1F)N1CCC(Oc2nc3c(F)cccc3s2)CC1. The standard InChI is InChI=1S/C18H15F3N2O3S2/c19-11-4-5-13(20)16(10-11)28(24,25)23-8-6-12(7-9-23)26-18-22-17-14(21)2-1-3-15(17)27-18/h1-5,10,12H,6-9H2. The monoisotopic (exact) mass is 428 g/mol. The summed E-state index contributed by atoms with van der Waals surface area (Å²) < 4.78 is 73.8. The van der Waals surface area contributed by atoms with Gasteiger partial charge in [-0.25, -0.2) is 21.6 Å². The molecule has 0 amide bonds. The summed E-state index contributed by atoms with van der Waals surface area (Å²) in [5.41, 5.74) is 0.240. The van der Waals surface area contributed by atoms with Crippen LogP contribution in [-0.4, -0.2) is 36.9 Å². The average molecular weight is 428 g/mol. The van der Waals surface area contributed by atoms with Crippen molar-refractivity contribution in [1.82, 2.24) is 9.29 Å². The molecule has 2 heterocycles. The number of sulfonamides is 1. The fourth-order valence-corrected chi connectivity index (χ4v) is 5.53. The van der Waals surface area contributed by atoms with E-state index in [1.165, 1.54) is 17.4 Å². The second-order valence-electron chi connectivity index (χ2n) is 6.36. The Morgan fingerprint density at radius 1 is 1.07 bits per heavy atom. The van der Waals surface area contributed by atoms with Gasteiger partial charge in [0.15, 0.2) is 0 Å². The summed E-state index contributed by atoms with van der Waals surface area (Å²) in [5.74, 6) is -2.24. The van der Waals surface area contributed by atoms with E-state index in [-0.39, 0.29) is 24.7 Å². The highest BCUT2D eigenvalue weighted by Gasteiger charge is 2.32. The predicted octanol–water partition coefficient (Wildman–Crippen LogP) is 3.95. The second kappa shape index (κ2) is 7.34. The number of rotatable bonds is 4. The number of nitrogens with zero attached hydrogens (tertiary/aromatic N) is 2. The molecule has 0 aliphatic carbocycles. The third-order valence-corrected chi connectivity index (χ3v) is 7.35. The van der Waals surface area contributed by atoms with E-state index in [1.807, 2.05) is 0 Å². The number of fused-ring (bicyclic) bond motifs is 1. The molecule has 3 aromatic rings.